The van der Waals surface area contributed by atoms with Gasteiger partial charge in [0.05, 0.1) is 12.1 Å². The minimum atomic E-state index is 0.0469. The first kappa shape index (κ1) is 16.7. The quantitative estimate of drug-likeness (QED) is 0.847. The number of ether oxygens (including phenoxy) is 1. The van der Waals surface area contributed by atoms with Gasteiger partial charge in [-0.15, -0.1) is 0 Å². The number of rotatable bonds is 2. The molecule has 0 spiro atoms. The summed E-state index contributed by atoms with van der Waals surface area (Å²) in [7, 11) is 0. The van der Waals surface area contributed by atoms with Crippen LogP contribution in [0.3, 0.4) is 0 Å². The molecule has 3 aliphatic heterocycles. The lowest BCUT2D eigenvalue weighted by atomic mass is 10.1. The lowest BCUT2D eigenvalue weighted by molar-refractivity contribution is 0.0672. The third kappa shape index (κ3) is 3.75. The molecule has 0 saturated carbocycles. The fraction of sp³-hybridized carbons (Fsp3) is 0.632. The molecule has 6 nitrogen and oxygen atoms in total. The largest absolute Gasteiger partial charge is 0.375 e. The van der Waals surface area contributed by atoms with Gasteiger partial charge in [-0.3, -0.25) is 0 Å². The normalized spacial score (nSPS) is 26.4. The van der Waals surface area contributed by atoms with Gasteiger partial charge in [-0.2, -0.15) is 0 Å². The van der Waals surface area contributed by atoms with E-state index < -0.39 is 0 Å². The van der Waals surface area contributed by atoms with E-state index in [-0.39, 0.29) is 12.1 Å². The summed E-state index contributed by atoms with van der Waals surface area (Å²) in [4.78, 5) is 17.1. The molecule has 2 saturated heterocycles. The molecule has 2 atom stereocenters. The first-order valence-corrected chi connectivity index (χ1v) is 9.51. The Bertz CT molecular complexity index is 601. The van der Waals surface area contributed by atoms with Crippen molar-refractivity contribution in [3.63, 3.8) is 0 Å². The number of nitrogens with zero attached hydrogens (tertiary/aromatic N) is 2. The molecule has 136 valence electrons. The lowest BCUT2D eigenvalue weighted by Crippen LogP contribution is -2.48. The Balaban J connectivity index is 1.33. The molecule has 4 rings (SSSR count). The van der Waals surface area contributed by atoms with Crippen LogP contribution < -0.4 is 15.5 Å². The monoisotopic (exact) mass is 344 g/mol. The average Bonchev–Trinajstić information content (AvgIpc) is 2.83. The highest BCUT2D eigenvalue weighted by molar-refractivity contribution is 5.74. The van der Waals surface area contributed by atoms with Crippen LogP contribution in [0.2, 0.25) is 0 Å². The van der Waals surface area contributed by atoms with Crippen LogP contribution in [-0.2, 0) is 11.2 Å². The van der Waals surface area contributed by atoms with Crippen molar-refractivity contribution >= 4 is 11.7 Å². The van der Waals surface area contributed by atoms with Crippen molar-refractivity contribution in [2.75, 3.05) is 50.8 Å². The summed E-state index contributed by atoms with van der Waals surface area (Å²) >= 11 is 0. The maximum atomic E-state index is 12.7. The van der Waals surface area contributed by atoms with E-state index in [2.05, 4.69) is 39.8 Å². The summed E-state index contributed by atoms with van der Waals surface area (Å²) in [6.45, 7) is 5.81. The molecule has 1 aromatic carbocycles. The van der Waals surface area contributed by atoms with Gasteiger partial charge in [0.2, 0.25) is 0 Å². The predicted molar refractivity (Wildman–Crippen MR) is 98.1 cm³/mol. The summed E-state index contributed by atoms with van der Waals surface area (Å²) in [5.41, 5.74) is 2.76. The fourth-order valence-corrected chi connectivity index (χ4v) is 4.17. The number of urea groups is 1. The maximum absolute atomic E-state index is 12.7. The molecule has 3 heterocycles. The van der Waals surface area contributed by atoms with E-state index in [4.69, 9.17) is 4.74 Å². The van der Waals surface area contributed by atoms with Gasteiger partial charge in [-0.05, 0) is 37.4 Å². The van der Waals surface area contributed by atoms with Crippen LogP contribution in [0.4, 0.5) is 10.5 Å². The second-order valence-electron chi connectivity index (χ2n) is 7.22. The van der Waals surface area contributed by atoms with Gasteiger partial charge in [0, 0.05) is 45.0 Å². The van der Waals surface area contributed by atoms with Crippen LogP contribution in [0.15, 0.2) is 24.3 Å². The lowest BCUT2D eigenvalue weighted by Gasteiger charge is -2.28. The highest BCUT2D eigenvalue weighted by atomic mass is 16.5. The second-order valence-corrected chi connectivity index (χ2v) is 7.22. The van der Waals surface area contributed by atoms with E-state index in [9.17, 15) is 4.79 Å². The summed E-state index contributed by atoms with van der Waals surface area (Å²) in [5.74, 6) is 0. The van der Waals surface area contributed by atoms with Crippen molar-refractivity contribution in [2.45, 2.75) is 31.4 Å². The van der Waals surface area contributed by atoms with Crippen molar-refractivity contribution < 1.29 is 9.53 Å². The van der Waals surface area contributed by atoms with Crippen molar-refractivity contribution in [3.05, 3.63) is 29.8 Å². The van der Waals surface area contributed by atoms with Crippen LogP contribution >= 0.6 is 0 Å². The highest BCUT2D eigenvalue weighted by Gasteiger charge is 2.33. The van der Waals surface area contributed by atoms with Crippen LogP contribution in [0.25, 0.3) is 0 Å². The molecule has 2 unspecified atom stereocenters. The van der Waals surface area contributed by atoms with Crippen LogP contribution in [0, 0.1) is 0 Å². The maximum Gasteiger partial charge on any atom is 0.317 e. The second kappa shape index (κ2) is 7.62. The van der Waals surface area contributed by atoms with Crippen LogP contribution in [0.1, 0.15) is 18.4 Å². The fourth-order valence-electron chi connectivity index (χ4n) is 4.17. The van der Waals surface area contributed by atoms with E-state index in [1.165, 1.54) is 11.3 Å². The van der Waals surface area contributed by atoms with E-state index in [0.717, 1.165) is 58.6 Å². The summed E-state index contributed by atoms with van der Waals surface area (Å²) in [6, 6.07) is 9.09. The number of anilines is 1. The number of benzene rings is 1. The number of fused-ring (bicyclic) bond motifs is 3. The third-order valence-corrected chi connectivity index (χ3v) is 5.45. The SMILES string of the molecule is O=C(NCC1CNCCCO1)N1CCCN2c3ccccc3CC2C1. The molecule has 6 heteroatoms. The molecule has 2 fully saturated rings. The third-order valence-electron chi connectivity index (χ3n) is 5.45. The Morgan fingerprint density at radius 2 is 2.20 bits per heavy atom. The molecule has 0 radical (unpaired) electrons. The first-order chi connectivity index (χ1) is 12.3. The topological polar surface area (TPSA) is 56.8 Å². The Morgan fingerprint density at radius 3 is 3.16 bits per heavy atom. The minimum absolute atomic E-state index is 0.0469. The van der Waals surface area contributed by atoms with Gasteiger partial charge in [0.15, 0.2) is 0 Å². The van der Waals surface area contributed by atoms with Crippen LogP contribution in [-0.4, -0.2) is 69.0 Å². The smallest absolute Gasteiger partial charge is 0.317 e. The number of hydrogen-bond acceptors (Lipinski definition) is 4. The first-order valence-electron chi connectivity index (χ1n) is 9.51. The number of para-hydroxylation sites is 1. The number of hydrogen-bond donors (Lipinski definition) is 2. The molecule has 2 N–H and O–H groups in total. The van der Waals surface area contributed by atoms with Crippen molar-refractivity contribution in [2.24, 2.45) is 0 Å². The minimum Gasteiger partial charge on any atom is -0.375 e. The van der Waals surface area contributed by atoms with Gasteiger partial charge in [-0.1, -0.05) is 18.2 Å². The predicted octanol–water partition coefficient (Wildman–Crippen LogP) is 1.21. The van der Waals surface area contributed by atoms with Crippen LogP contribution in [0.5, 0.6) is 0 Å². The molecule has 0 aliphatic carbocycles. The van der Waals surface area contributed by atoms with Gasteiger partial charge >= 0.3 is 6.03 Å². The summed E-state index contributed by atoms with van der Waals surface area (Å²) in [6.07, 6.45) is 3.16. The molecule has 0 aromatic heterocycles. The molecule has 3 aliphatic rings. The molecular weight excluding hydrogens is 316 g/mol. The Hall–Kier alpha value is -1.79. The number of nitrogens with one attached hydrogen (secondary N) is 2. The van der Waals surface area contributed by atoms with E-state index in [1.807, 2.05) is 4.90 Å². The van der Waals surface area contributed by atoms with E-state index in [0.29, 0.717) is 12.6 Å². The zero-order chi connectivity index (χ0) is 17.1. The van der Waals surface area contributed by atoms with Gasteiger partial charge in [0.25, 0.3) is 0 Å². The Kier molecular flexibility index (Phi) is 5.08. The Morgan fingerprint density at radius 1 is 1.28 bits per heavy atom. The molecule has 2 amide bonds. The molecule has 25 heavy (non-hydrogen) atoms. The van der Waals surface area contributed by atoms with Gasteiger partial charge in [-0.25, -0.2) is 4.79 Å². The zero-order valence-electron chi connectivity index (χ0n) is 14.7. The number of amides is 2. The molecule has 0 bridgehead atoms. The summed E-state index contributed by atoms with van der Waals surface area (Å²) < 4.78 is 5.77. The standard InChI is InChI=1S/C19H28N4O2/c24-19(21-13-17-12-20-7-3-10-25-17)22-8-4-9-23-16(14-22)11-15-5-1-2-6-18(15)23/h1-2,5-6,16-17,20H,3-4,7-14H2,(H,21,24). The molecular formula is C19H28N4O2. The Labute approximate surface area is 149 Å². The number of carbonyl (C=O) groups excluding carboxylic acids is 1. The van der Waals surface area contributed by atoms with Crippen molar-refractivity contribution in [3.8, 4) is 0 Å². The molecule has 1 aromatic rings. The summed E-state index contributed by atoms with van der Waals surface area (Å²) in [5, 5.41) is 6.44. The number of carbonyl (C=O) groups is 1. The average molecular weight is 344 g/mol. The van der Waals surface area contributed by atoms with E-state index >= 15 is 0 Å². The zero-order valence-corrected chi connectivity index (χ0v) is 14.7. The van der Waals surface area contributed by atoms with Crippen molar-refractivity contribution in [1.29, 1.82) is 0 Å². The van der Waals surface area contributed by atoms with Gasteiger partial charge in [0.1, 0.15) is 0 Å². The van der Waals surface area contributed by atoms with Gasteiger partial charge < -0.3 is 25.2 Å². The van der Waals surface area contributed by atoms with Crippen molar-refractivity contribution in [1.82, 2.24) is 15.5 Å². The highest BCUT2D eigenvalue weighted by Crippen LogP contribution is 2.33. The van der Waals surface area contributed by atoms with E-state index in [1.54, 1.807) is 0 Å².